The fraction of sp³-hybridized carbons (Fsp3) is 1.00. The summed E-state index contributed by atoms with van der Waals surface area (Å²) in [6.45, 7) is 5.91. The molecule has 0 radical (unpaired) electrons. The first-order valence-corrected chi connectivity index (χ1v) is 3.86. The van der Waals surface area contributed by atoms with E-state index in [1.54, 1.807) is 0 Å². The third-order valence-electron chi connectivity index (χ3n) is 2.46. The molecule has 2 atom stereocenters. The molecule has 4 heterocycles. The largest absolute Gasteiger partial charge is 0.275 e. The van der Waals surface area contributed by atoms with Gasteiger partial charge in [0.05, 0.1) is 20.0 Å². The SMILES string of the molecule is C1C2CN3CN1CN(C3)N2. The van der Waals surface area contributed by atoms with E-state index in [-0.39, 0.29) is 0 Å². The van der Waals surface area contributed by atoms with Crippen LogP contribution in [0.25, 0.3) is 0 Å². The zero-order valence-electron chi connectivity index (χ0n) is 5.95. The second-order valence-electron chi connectivity index (χ2n) is 3.50. The van der Waals surface area contributed by atoms with Crippen molar-refractivity contribution in [3.63, 3.8) is 0 Å². The van der Waals surface area contributed by atoms with Gasteiger partial charge in [-0.25, -0.2) is 10.4 Å². The number of hydrogen-bond acceptors (Lipinski definition) is 4. The summed E-state index contributed by atoms with van der Waals surface area (Å²) >= 11 is 0. The Bertz CT molecular complexity index is 101. The molecule has 0 aromatic rings. The highest BCUT2D eigenvalue weighted by Crippen LogP contribution is 2.17. The summed E-state index contributed by atoms with van der Waals surface area (Å²) in [6, 6.07) is 0.705. The van der Waals surface area contributed by atoms with Gasteiger partial charge in [-0.3, -0.25) is 9.80 Å². The molecule has 0 aromatic carbocycles. The molecule has 4 saturated heterocycles. The van der Waals surface area contributed by atoms with Crippen molar-refractivity contribution in [1.29, 1.82) is 0 Å². The van der Waals surface area contributed by atoms with Gasteiger partial charge in [-0.2, -0.15) is 0 Å². The summed E-state index contributed by atoms with van der Waals surface area (Å²) in [7, 11) is 0. The maximum absolute atomic E-state index is 3.46. The third kappa shape index (κ3) is 0.645. The lowest BCUT2D eigenvalue weighted by Gasteiger charge is -2.55. The quantitative estimate of drug-likeness (QED) is 0.450. The normalized spacial score (nSPS) is 57.6. The van der Waals surface area contributed by atoms with Crippen LogP contribution in [-0.4, -0.2) is 53.9 Å². The van der Waals surface area contributed by atoms with Gasteiger partial charge >= 0.3 is 0 Å². The molecule has 10 heavy (non-hydrogen) atoms. The maximum Gasteiger partial charge on any atom is 0.0672 e. The van der Waals surface area contributed by atoms with E-state index < -0.39 is 0 Å². The molecule has 1 N–H and O–H groups in total. The molecule has 4 fully saturated rings. The number of nitrogens with zero attached hydrogens (tertiary/aromatic N) is 3. The van der Waals surface area contributed by atoms with Gasteiger partial charge in [0.1, 0.15) is 0 Å². The summed E-state index contributed by atoms with van der Waals surface area (Å²) in [6.07, 6.45) is 0. The topological polar surface area (TPSA) is 21.8 Å². The molecule has 0 spiro atoms. The van der Waals surface area contributed by atoms with E-state index in [0.717, 1.165) is 13.3 Å². The lowest BCUT2D eigenvalue weighted by atomic mass is 10.2. The third-order valence-corrected chi connectivity index (χ3v) is 2.46. The lowest BCUT2D eigenvalue weighted by molar-refractivity contribution is -0.150. The van der Waals surface area contributed by atoms with Crippen molar-refractivity contribution in [2.45, 2.75) is 6.04 Å². The Kier molecular flexibility index (Phi) is 0.936. The number of hydrazine groups is 1. The van der Waals surface area contributed by atoms with Crippen molar-refractivity contribution in [2.24, 2.45) is 0 Å². The Morgan fingerprint density at radius 2 is 1.70 bits per heavy atom. The molecule has 4 aliphatic rings. The second-order valence-corrected chi connectivity index (χ2v) is 3.50. The van der Waals surface area contributed by atoms with Crippen LogP contribution in [0.1, 0.15) is 0 Å². The summed E-state index contributed by atoms with van der Waals surface area (Å²) in [5.74, 6) is 0. The predicted molar refractivity (Wildman–Crippen MR) is 36.8 cm³/mol. The van der Waals surface area contributed by atoms with Crippen LogP contribution < -0.4 is 5.43 Å². The summed E-state index contributed by atoms with van der Waals surface area (Å²) in [4.78, 5) is 4.96. The van der Waals surface area contributed by atoms with Crippen LogP contribution in [0.4, 0.5) is 0 Å². The van der Waals surface area contributed by atoms with Gasteiger partial charge in [-0.05, 0) is 0 Å². The van der Waals surface area contributed by atoms with E-state index in [9.17, 15) is 0 Å². The fourth-order valence-electron chi connectivity index (χ4n) is 2.23. The number of nitrogens with one attached hydrogen (secondary N) is 1. The monoisotopic (exact) mass is 140 g/mol. The minimum absolute atomic E-state index is 0.705. The van der Waals surface area contributed by atoms with Crippen LogP contribution in [0.3, 0.4) is 0 Å². The Morgan fingerprint density at radius 1 is 1.00 bits per heavy atom. The van der Waals surface area contributed by atoms with Crippen molar-refractivity contribution in [1.82, 2.24) is 20.2 Å². The second kappa shape index (κ2) is 1.71. The minimum atomic E-state index is 0.705. The van der Waals surface area contributed by atoms with E-state index in [2.05, 4.69) is 20.2 Å². The standard InChI is InChI=1S/C6H12N4/c1-6-2-9-3-8(1)4-10(5-9)7-6/h6-7H,1-5H2. The van der Waals surface area contributed by atoms with Crippen LogP contribution in [-0.2, 0) is 0 Å². The average molecular weight is 140 g/mol. The smallest absolute Gasteiger partial charge is 0.0672 e. The zero-order valence-corrected chi connectivity index (χ0v) is 5.95. The molecule has 0 aromatic heterocycles. The molecule has 4 aliphatic heterocycles. The van der Waals surface area contributed by atoms with Crippen LogP contribution in [0, 0.1) is 0 Å². The minimum Gasteiger partial charge on any atom is -0.275 e. The average Bonchev–Trinajstić information content (AvgIpc) is 1.82. The summed E-state index contributed by atoms with van der Waals surface area (Å²) < 4.78 is 0. The Hall–Kier alpha value is -0.160. The van der Waals surface area contributed by atoms with Crippen molar-refractivity contribution < 1.29 is 0 Å². The zero-order chi connectivity index (χ0) is 6.55. The summed E-state index contributed by atoms with van der Waals surface area (Å²) in [5.41, 5.74) is 3.46. The van der Waals surface area contributed by atoms with Gasteiger partial charge in [0.2, 0.25) is 0 Å². The van der Waals surface area contributed by atoms with E-state index in [1.807, 2.05) is 0 Å². The molecule has 4 heteroatoms. The molecule has 56 valence electrons. The van der Waals surface area contributed by atoms with Gasteiger partial charge < -0.3 is 0 Å². The van der Waals surface area contributed by atoms with E-state index in [0.29, 0.717) is 6.04 Å². The van der Waals surface area contributed by atoms with Crippen molar-refractivity contribution in [3.05, 3.63) is 0 Å². The van der Waals surface area contributed by atoms with Crippen LogP contribution in [0.5, 0.6) is 0 Å². The maximum atomic E-state index is 3.46. The molecular weight excluding hydrogens is 128 g/mol. The first kappa shape index (κ1) is 5.49. The Labute approximate surface area is 60.3 Å². The molecule has 4 rings (SSSR count). The molecule has 0 saturated carbocycles. The molecular formula is C6H12N4. The summed E-state index contributed by atoms with van der Waals surface area (Å²) in [5, 5.41) is 2.29. The number of rotatable bonds is 0. The van der Waals surface area contributed by atoms with Crippen LogP contribution >= 0.6 is 0 Å². The van der Waals surface area contributed by atoms with Gasteiger partial charge in [0.15, 0.2) is 0 Å². The van der Waals surface area contributed by atoms with Gasteiger partial charge in [-0.1, -0.05) is 0 Å². The van der Waals surface area contributed by atoms with Crippen LogP contribution in [0.15, 0.2) is 0 Å². The molecule has 4 bridgehead atoms. The number of hydrogen-bond donors (Lipinski definition) is 1. The van der Waals surface area contributed by atoms with E-state index >= 15 is 0 Å². The molecule has 4 nitrogen and oxygen atoms in total. The predicted octanol–water partition coefficient (Wildman–Crippen LogP) is -1.32. The first-order chi connectivity index (χ1) is 4.90. The fourth-order valence-corrected chi connectivity index (χ4v) is 2.23. The molecule has 0 amide bonds. The van der Waals surface area contributed by atoms with Gasteiger partial charge in [0, 0.05) is 19.1 Å². The van der Waals surface area contributed by atoms with Crippen molar-refractivity contribution in [3.8, 4) is 0 Å². The van der Waals surface area contributed by atoms with Crippen molar-refractivity contribution in [2.75, 3.05) is 33.1 Å². The van der Waals surface area contributed by atoms with Gasteiger partial charge in [-0.15, -0.1) is 0 Å². The first-order valence-electron chi connectivity index (χ1n) is 3.86. The lowest BCUT2D eigenvalue weighted by Crippen LogP contribution is -2.75. The molecule has 0 aliphatic carbocycles. The highest BCUT2D eigenvalue weighted by Gasteiger charge is 2.37. The van der Waals surface area contributed by atoms with E-state index in [4.69, 9.17) is 0 Å². The van der Waals surface area contributed by atoms with Gasteiger partial charge in [0.25, 0.3) is 0 Å². The highest BCUT2D eigenvalue weighted by molar-refractivity contribution is 4.88. The van der Waals surface area contributed by atoms with Crippen LogP contribution in [0.2, 0.25) is 0 Å². The Morgan fingerprint density at radius 3 is 2.20 bits per heavy atom. The van der Waals surface area contributed by atoms with Crippen molar-refractivity contribution >= 4 is 0 Å². The molecule has 2 unspecified atom stereocenters. The van der Waals surface area contributed by atoms with E-state index in [1.165, 1.54) is 19.8 Å². The Balaban J connectivity index is 1.90. The highest BCUT2D eigenvalue weighted by atomic mass is 15.7.